The van der Waals surface area contributed by atoms with Crippen LogP contribution in [0.5, 0.6) is 0 Å². The van der Waals surface area contributed by atoms with Gasteiger partial charge in [0.1, 0.15) is 0 Å². The number of rotatable bonds is 9. The molecule has 2 unspecified atom stereocenters. The molecule has 2 atom stereocenters. The van der Waals surface area contributed by atoms with Crippen molar-refractivity contribution in [1.29, 1.82) is 0 Å². The summed E-state index contributed by atoms with van der Waals surface area (Å²) in [6.45, 7) is 10.2. The third-order valence-electron chi connectivity index (χ3n) is 4.06. The van der Waals surface area contributed by atoms with Gasteiger partial charge < -0.3 is 5.32 Å². The number of benzene rings is 1. The number of nitrogens with one attached hydrogen (secondary N) is 1. The van der Waals surface area contributed by atoms with E-state index in [0.717, 1.165) is 12.5 Å². The monoisotopic (exact) mass is 261 g/mol. The van der Waals surface area contributed by atoms with Gasteiger partial charge in [0.2, 0.25) is 0 Å². The molecule has 0 aliphatic carbocycles. The van der Waals surface area contributed by atoms with Crippen LogP contribution in [-0.4, -0.2) is 6.54 Å². The first-order valence-corrected chi connectivity index (χ1v) is 8.03. The van der Waals surface area contributed by atoms with Crippen LogP contribution in [0.25, 0.3) is 0 Å². The molecule has 0 saturated carbocycles. The van der Waals surface area contributed by atoms with E-state index < -0.39 is 0 Å². The van der Waals surface area contributed by atoms with Gasteiger partial charge in [0.05, 0.1) is 0 Å². The van der Waals surface area contributed by atoms with E-state index in [0.29, 0.717) is 6.04 Å². The van der Waals surface area contributed by atoms with Gasteiger partial charge in [-0.05, 0) is 43.4 Å². The molecule has 0 aromatic heterocycles. The van der Waals surface area contributed by atoms with Crippen molar-refractivity contribution in [2.24, 2.45) is 5.92 Å². The van der Waals surface area contributed by atoms with Gasteiger partial charge in [0.25, 0.3) is 0 Å². The van der Waals surface area contributed by atoms with Crippen molar-refractivity contribution in [2.45, 2.75) is 65.8 Å². The summed E-state index contributed by atoms with van der Waals surface area (Å²) in [5.74, 6) is 0.757. The lowest BCUT2D eigenvalue weighted by Crippen LogP contribution is -2.29. The summed E-state index contributed by atoms with van der Waals surface area (Å²) in [4.78, 5) is 0. The second kappa shape index (κ2) is 9.14. The minimum absolute atomic E-state index is 0.526. The van der Waals surface area contributed by atoms with E-state index >= 15 is 0 Å². The third-order valence-corrected chi connectivity index (χ3v) is 4.06. The Labute approximate surface area is 119 Å². The number of hydrogen-bond donors (Lipinski definition) is 1. The zero-order valence-corrected chi connectivity index (χ0v) is 13.2. The maximum Gasteiger partial charge on any atom is 0.0351 e. The summed E-state index contributed by atoms with van der Waals surface area (Å²) in [5.41, 5.74) is 2.92. The molecule has 0 saturated heterocycles. The van der Waals surface area contributed by atoms with Crippen molar-refractivity contribution in [3.05, 3.63) is 35.4 Å². The Morgan fingerprint density at radius 2 is 1.79 bits per heavy atom. The van der Waals surface area contributed by atoms with Gasteiger partial charge in [-0.1, -0.05) is 64.3 Å². The highest BCUT2D eigenvalue weighted by Gasteiger charge is 2.21. The summed E-state index contributed by atoms with van der Waals surface area (Å²) in [6.07, 6.45) is 6.44. The normalized spacial score (nSPS) is 14.3. The zero-order chi connectivity index (χ0) is 14.1. The quantitative estimate of drug-likeness (QED) is 0.640. The lowest BCUT2D eigenvalue weighted by molar-refractivity contribution is 0.323. The van der Waals surface area contributed by atoms with Crippen LogP contribution in [0, 0.1) is 12.8 Å². The van der Waals surface area contributed by atoms with Crippen LogP contribution in [0.3, 0.4) is 0 Å². The Morgan fingerprint density at radius 1 is 1.05 bits per heavy atom. The van der Waals surface area contributed by atoms with Crippen molar-refractivity contribution >= 4 is 0 Å². The third kappa shape index (κ3) is 4.99. The number of aryl methyl sites for hydroxylation is 1. The molecule has 0 aliphatic heterocycles. The molecule has 19 heavy (non-hydrogen) atoms. The molecule has 1 nitrogen and oxygen atoms in total. The highest BCUT2D eigenvalue weighted by atomic mass is 14.9. The van der Waals surface area contributed by atoms with Gasteiger partial charge in [0.15, 0.2) is 0 Å². The van der Waals surface area contributed by atoms with E-state index in [1.807, 2.05) is 0 Å². The SMILES string of the molecule is CCCCC(CC)C(NCCC)c1ccccc1C. The Hall–Kier alpha value is -0.820. The van der Waals surface area contributed by atoms with Crippen LogP contribution in [0.15, 0.2) is 24.3 Å². The number of hydrogen-bond acceptors (Lipinski definition) is 1. The lowest BCUT2D eigenvalue weighted by atomic mass is 9.85. The fourth-order valence-corrected chi connectivity index (χ4v) is 2.84. The lowest BCUT2D eigenvalue weighted by Gasteiger charge is -2.29. The topological polar surface area (TPSA) is 12.0 Å². The summed E-state index contributed by atoms with van der Waals surface area (Å²) in [6, 6.07) is 9.38. The van der Waals surface area contributed by atoms with Gasteiger partial charge in [-0.25, -0.2) is 0 Å². The summed E-state index contributed by atoms with van der Waals surface area (Å²) in [7, 11) is 0. The standard InChI is InChI=1S/C18H31N/c1-5-8-12-16(7-3)18(19-14-6-2)17-13-10-9-11-15(17)4/h9-11,13,16,18-19H,5-8,12,14H2,1-4H3. The first-order chi connectivity index (χ1) is 9.24. The Morgan fingerprint density at radius 3 is 2.37 bits per heavy atom. The molecule has 1 aromatic rings. The first-order valence-electron chi connectivity index (χ1n) is 8.03. The maximum absolute atomic E-state index is 3.79. The molecule has 0 bridgehead atoms. The van der Waals surface area contributed by atoms with Gasteiger partial charge in [-0.3, -0.25) is 0 Å². The molecule has 0 spiro atoms. The molecule has 1 rings (SSSR count). The number of unbranched alkanes of at least 4 members (excludes halogenated alkanes) is 1. The molecule has 0 aliphatic rings. The van der Waals surface area contributed by atoms with E-state index in [4.69, 9.17) is 0 Å². The van der Waals surface area contributed by atoms with Gasteiger partial charge >= 0.3 is 0 Å². The molecular weight excluding hydrogens is 230 g/mol. The molecular formula is C18H31N. The van der Waals surface area contributed by atoms with Gasteiger partial charge in [0, 0.05) is 6.04 Å². The zero-order valence-electron chi connectivity index (χ0n) is 13.2. The second-order valence-electron chi connectivity index (χ2n) is 5.60. The molecule has 0 heterocycles. The smallest absolute Gasteiger partial charge is 0.0351 e. The minimum atomic E-state index is 0.526. The highest BCUT2D eigenvalue weighted by molar-refractivity contribution is 5.29. The first kappa shape index (κ1) is 16.2. The van der Waals surface area contributed by atoms with Crippen LogP contribution in [0.2, 0.25) is 0 Å². The van der Waals surface area contributed by atoms with Gasteiger partial charge in [-0.2, -0.15) is 0 Å². The maximum atomic E-state index is 3.79. The van der Waals surface area contributed by atoms with E-state index in [-0.39, 0.29) is 0 Å². The highest BCUT2D eigenvalue weighted by Crippen LogP contribution is 2.30. The average Bonchev–Trinajstić information content (AvgIpc) is 2.43. The summed E-state index contributed by atoms with van der Waals surface area (Å²) in [5, 5.41) is 3.79. The van der Waals surface area contributed by atoms with E-state index in [1.165, 1.54) is 43.2 Å². The predicted molar refractivity (Wildman–Crippen MR) is 85.5 cm³/mol. The Bertz CT molecular complexity index is 345. The van der Waals surface area contributed by atoms with Gasteiger partial charge in [-0.15, -0.1) is 0 Å². The Kier molecular flexibility index (Phi) is 7.81. The summed E-state index contributed by atoms with van der Waals surface area (Å²) >= 11 is 0. The van der Waals surface area contributed by atoms with Crippen molar-refractivity contribution in [3.8, 4) is 0 Å². The second-order valence-corrected chi connectivity index (χ2v) is 5.60. The van der Waals surface area contributed by atoms with Crippen molar-refractivity contribution in [3.63, 3.8) is 0 Å². The van der Waals surface area contributed by atoms with Crippen LogP contribution in [0.1, 0.15) is 70.0 Å². The minimum Gasteiger partial charge on any atom is -0.310 e. The molecule has 0 radical (unpaired) electrons. The van der Waals surface area contributed by atoms with E-state index in [2.05, 4.69) is 57.3 Å². The predicted octanol–water partition coefficient (Wildman–Crippen LogP) is 5.25. The van der Waals surface area contributed by atoms with E-state index in [9.17, 15) is 0 Å². The van der Waals surface area contributed by atoms with Crippen LogP contribution >= 0.6 is 0 Å². The fourth-order valence-electron chi connectivity index (χ4n) is 2.84. The molecule has 1 N–H and O–H groups in total. The van der Waals surface area contributed by atoms with Crippen LogP contribution < -0.4 is 5.32 Å². The van der Waals surface area contributed by atoms with Crippen LogP contribution in [0.4, 0.5) is 0 Å². The Balaban J connectivity index is 2.88. The molecule has 1 heteroatoms. The molecule has 1 aromatic carbocycles. The molecule has 0 fully saturated rings. The van der Waals surface area contributed by atoms with Crippen molar-refractivity contribution in [2.75, 3.05) is 6.54 Å². The van der Waals surface area contributed by atoms with Crippen molar-refractivity contribution < 1.29 is 0 Å². The summed E-state index contributed by atoms with van der Waals surface area (Å²) < 4.78 is 0. The molecule has 108 valence electrons. The average molecular weight is 261 g/mol. The largest absolute Gasteiger partial charge is 0.310 e. The van der Waals surface area contributed by atoms with Crippen LogP contribution in [-0.2, 0) is 0 Å². The van der Waals surface area contributed by atoms with Crippen molar-refractivity contribution in [1.82, 2.24) is 5.32 Å². The molecule has 0 amide bonds. The van der Waals surface area contributed by atoms with E-state index in [1.54, 1.807) is 0 Å². The fraction of sp³-hybridized carbons (Fsp3) is 0.667.